The molecule has 74 valence electrons. The number of thiophene rings is 1. The van der Waals surface area contributed by atoms with Crippen LogP contribution in [-0.4, -0.2) is 17.4 Å². The Bertz CT molecular complexity index is 367. The van der Waals surface area contributed by atoms with Crippen molar-refractivity contribution in [3.63, 3.8) is 0 Å². The van der Waals surface area contributed by atoms with Gasteiger partial charge in [0.25, 0.3) is 0 Å². The molecule has 0 bridgehead atoms. The van der Waals surface area contributed by atoms with Gasteiger partial charge in [-0.15, -0.1) is 11.3 Å². The van der Waals surface area contributed by atoms with Crippen LogP contribution in [0.1, 0.15) is 17.4 Å². The van der Waals surface area contributed by atoms with E-state index in [0.29, 0.717) is 0 Å². The standard InChI is InChI=1S/C11H13NOS/c1-2-3-11(13)12-6-4-10-9(8-12)5-7-14-10/h2-3,5,7H,4,6,8H2,1H3. The lowest BCUT2D eigenvalue weighted by Gasteiger charge is -2.25. The predicted octanol–water partition coefficient (Wildman–Crippen LogP) is 2.21. The first-order valence-electron chi connectivity index (χ1n) is 4.78. The molecule has 0 atom stereocenters. The van der Waals surface area contributed by atoms with Crippen molar-refractivity contribution in [2.24, 2.45) is 0 Å². The fourth-order valence-electron chi connectivity index (χ4n) is 1.68. The maximum atomic E-state index is 11.6. The molecule has 1 aliphatic heterocycles. The smallest absolute Gasteiger partial charge is 0.246 e. The number of nitrogens with zero attached hydrogens (tertiary/aromatic N) is 1. The number of allylic oxidation sites excluding steroid dienone is 1. The van der Waals surface area contributed by atoms with Crippen LogP contribution in [0, 0.1) is 0 Å². The molecule has 1 aliphatic rings. The molecule has 0 aromatic carbocycles. The molecule has 0 spiro atoms. The Morgan fingerprint density at radius 3 is 3.29 bits per heavy atom. The molecule has 0 N–H and O–H groups in total. The van der Waals surface area contributed by atoms with E-state index in [4.69, 9.17) is 0 Å². The number of carbonyl (C=O) groups excluding carboxylic acids is 1. The average Bonchev–Trinajstić information content (AvgIpc) is 2.64. The van der Waals surface area contributed by atoms with Crippen molar-refractivity contribution in [2.75, 3.05) is 6.54 Å². The molecular weight excluding hydrogens is 194 g/mol. The molecule has 0 saturated carbocycles. The molecule has 0 saturated heterocycles. The number of amides is 1. The van der Waals surface area contributed by atoms with Crippen LogP contribution in [0.3, 0.4) is 0 Å². The Kier molecular flexibility index (Phi) is 2.68. The fraction of sp³-hybridized carbons (Fsp3) is 0.364. The summed E-state index contributed by atoms with van der Waals surface area (Å²) in [6, 6.07) is 2.12. The average molecular weight is 207 g/mol. The van der Waals surface area contributed by atoms with Gasteiger partial charge in [0.1, 0.15) is 0 Å². The van der Waals surface area contributed by atoms with E-state index in [1.54, 1.807) is 23.5 Å². The monoisotopic (exact) mass is 207 g/mol. The van der Waals surface area contributed by atoms with E-state index < -0.39 is 0 Å². The second kappa shape index (κ2) is 3.96. The second-order valence-electron chi connectivity index (χ2n) is 3.38. The van der Waals surface area contributed by atoms with Gasteiger partial charge < -0.3 is 4.90 Å². The minimum absolute atomic E-state index is 0.129. The second-order valence-corrected chi connectivity index (χ2v) is 4.38. The van der Waals surface area contributed by atoms with E-state index in [1.165, 1.54) is 10.4 Å². The zero-order chi connectivity index (χ0) is 9.97. The van der Waals surface area contributed by atoms with Gasteiger partial charge in [0.2, 0.25) is 5.91 Å². The van der Waals surface area contributed by atoms with Crippen LogP contribution in [0.2, 0.25) is 0 Å². The quantitative estimate of drug-likeness (QED) is 0.646. The summed E-state index contributed by atoms with van der Waals surface area (Å²) in [5.74, 6) is 0.129. The van der Waals surface area contributed by atoms with Crippen molar-refractivity contribution >= 4 is 17.2 Å². The maximum Gasteiger partial charge on any atom is 0.246 e. The van der Waals surface area contributed by atoms with Gasteiger partial charge in [0.05, 0.1) is 0 Å². The lowest BCUT2D eigenvalue weighted by molar-refractivity contribution is -0.126. The molecule has 0 radical (unpaired) electrons. The van der Waals surface area contributed by atoms with Gasteiger partial charge >= 0.3 is 0 Å². The Balaban J connectivity index is 2.11. The van der Waals surface area contributed by atoms with E-state index >= 15 is 0 Å². The van der Waals surface area contributed by atoms with Crippen LogP contribution >= 0.6 is 11.3 Å². The van der Waals surface area contributed by atoms with Gasteiger partial charge in [-0.25, -0.2) is 0 Å². The van der Waals surface area contributed by atoms with E-state index in [-0.39, 0.29) is 5.91 Å². The van der Waals surface area contributed by atoms with E-state index in [1.807, 2.05) is 11.8 Å². The van der Waals surface area contributed by atoms with Crippen molar-refractivity contribution in [1.29, 1.82) is 0 Å². The summed E-state index contributed by atoms with van der Waals surface area (Å²) in [5, 5.41) is 2.11. The van der Waals surface area contributed by atoms with Gasteiger partial charge in [-0.1, -0.05) is 6.08 Å². The van der Waals surface area contributed by atoms with Gasteiger partial charge in [-0.05, 0) is 36.4 Å². The maximum absolute atomic E-state index is 11.6. The highest BCUT2D eigenvalue weighted by Crippen LogP contribution is 2.23. The first-order chi connectivity index (χ1) is 6.81. The third kappa shape index (κ3) is 1.73. The molecule has 2 nitrogen and oxygen atoms in total. The molecule has 0 aliphatic carbocycles. The zero-order valence-electron chi connectivity index (χ0n) is 8.19. The molecule has 1 aromatic heterocycles. The minimum atomic E-state index is 0.129. The predicted molar refractivity (Wildman–Crippen MR) is 58.3 cm³/mol. The first kappa shape index (κ1) is 9.46. The summed E-state index contributed by atoms with van der Waals surface area (Å²) in [5.41, 5.74) is 1.32. The molecule has 2 heterocycles. The third-order valence-corrected chi connectivity index (χ3v) is 3.45. The minimum Gasteiger partial charge on any atom is -0.334 e. The van der Waals surface area contributed by atoms with Crippen molar-refractivity contribution in [2.45, 2.75) is 19.9 Å². The Morgan fingerprint density at radius 2 is 2.50 bits per heavy atom. The van der Waals surface area contributed by atoms with Crippen LogP contribution in [0.5, 0.6) is 0 Å². The summed E-state index contributed by atoms with van der Waals surface area (Å²) < 4.78 is 0. The van der Waals surface area contributed by atoms with Crippen LogP contribution in [0.25, 0.3) is 0 Å². The summed E-state index contributed by atoms with van der Waals surface area (Å²) in [6.07, 6.45) is 4.44. The number of fused-ring (bicyclic) bond motifs is 1. The van der Waals surface area contributed by atoms with Crippen molar-refractivity contribution in [1.82, 2.24) is 4.90 Å². The van der Waals surface area contributed by atoms with Gasteiger partial charge in [-0.3, -0.25) is 4.79 Å². The Hall–Kier alpha value is -1.09. The number of hydrogen-bond acceptors (Lipinski definition) is 2. The van der Waals surface area contributed by atoms with Gasteiger partial charge in [0.15, 0.2) is 0 Å². The molecule has 0 unspecified atom stereocenters. The van der Waals surface area contributed by atoms with Gasteiger partial charge in [0, 0.05) is 18.0 Å². The van der Waals surface area contributed by atoms with Gasteiger partial charge in [-0.2, -0.15) is 0 Å². The van der Waals surface area contributed by atoms with Crippen molar-refractivity contribution < 1.29 is 4.79 Å². The number of carbonyl (C=O) groups is 1. The summed E-state index contributed by atoms with van der Waals surface area (Å²) in [7, 11) is 0. The first-order valence-corrected chi connectivity index (χ1v) is 5.66. The molecule has 3 heteroatoms. The fourth-order valence-corrected chi connectivity index (χ4v) is 2.57. The van der Waals surface area contributed by atoms with E-state index in [2.05, 4.69) is 11.4 Å². The van der Waals surface area contributed by atoms with Crippen molar-refractivity contribution in [3.8, 4) is 0 Å². The topological polar surface area (TPSA) is 20.3 Å². The van der Waals surface area contributed by atoms with Crippen molar-refractivity contribution in [3.05, 3.63) is 34.0 Å². The highest BCUT2D eigenvalue weighted by molar-refractivity contribution is 7.10. The highest BCUT2D eigenvalue weighted by Gasteiger charge is 2.19. The largest absolute Gasteiger partial charge is 0.334 e. The van der Waals surface area contributed by atoms with E-state index in [9.17, 15) is 4.79 Å². The number of hydrogen-bond donors (Lipinski definition) is 0. The van der Waals surface area contributed by atoms with Crippen LogP contribution in [0.4, 0.5) is 0 Å². The third-order valence-electron chi connectivity index (χ3n) is 2.43. The zero-order valence-corrected chi connectivity index (χ0v) is 9.01. The van der Waals surface area contributed by atoms with Crippen LogP contribution in [0.15, 0.2) is 23.6 Å². The lowest BCUT2D eigenvalue weighted by Crippen LogP contribution is -2.34. The van der Waals surface area contributed by atoms with E-state index in [0.717, 1.165) is 19.5 Å². The molecule has 1 amide bonds. The Labute approximate surface area is 87.9 Å². The summed E-state index contributed by atoms with van der Waals surface area (Å²) in [4.78, 5) is 14.9. The van der Waals surface area contributed by atoms with Crippen LogP contribution in [-0.2, 0) is 17.8 Å². The summed E-state index contributed by atoms with van der Waals surface area (Å²) >= 11 is 1.80. The highest BCUT2D eigenvalue weighted by atomic mass is 32.1. The van der Waals surface area contributed by atoms with Crippen LogP contribution < -0.4 is 0 Å². The molecule has 14 heavy (non-hydrogen) atoms. The lowest BCUT2D eigenvalue weighted by atomic mass is 10.1. The molecule has 0 fully saturated rings. The molecule has 2 rings (SSSR count). The molecular formula is C11H13NOS. The number of rotatable bonds is 1. The summed E-state index contributed by atoms with van der Waals surface area (Å²) in [6.45, 7) is 3.51. The SMILES string of the molecule is CC=CC(=O)N1CCc2sccc2C1. The normalized spacial score (nSPS) is 15.9. The Morgan fingerprint density at radius 1 is 1.64 bits per heavy atom. The molecule has 1 aromatic rings.